The second-order valence-electron chi connectivity index (χ2n) is 6.24. The molecule has 0 aromatic carbocycles. The maximum absolute atomic E-state index is 12.8. The van der Waals surface area contributed by atoms with Gasteiger partial charge in [-0.3, -0.25) is 9.78 Å². The summed E-state index contributed by atoms with van der Waals surface area (Å²) in [6.07, 6.45) is 7.55. The topological polar surface area (TPSA) is 98.6 Å². The van der Waals surface area contributed by atoms with Crippen LogP contribution >= 0.6 is 0 Å². The maximum Gasteiger partial charge on any atom is 0.268 e. The van der Waals surface area contributed by atoms with Gasteiger partial charge in [-0.15, -0.1) is 0 Å². The number of H-pyrrole nitrogens is 1. The van der Waals surface area contributed by atoms with Gasteiger partial charge < -0.3 is 25.6 Å². The molecule has 4 rings (SSSR count). The van der Waals surface area contributed by atoms with Crippen molar-refractivity contribution in [2.75, 3.05) is 6.54 Å². The van der Waals surface area contributed by atoms with Gasteiger partial charge in [-0.1, -0.05) is 0 Å². The summed E-state index contributed by atoms with van der Waals surface area (Å²) < 4.78 is 1.91. The molecule has 25 heavy (non-hydrogen) atoms. The highest BCUT2D eigenvalue weighted by Gasteiger charge is 2.25. The Balaban J connectivity index is 1.61. The molecule has 0 aliphatic carbocycles. The first-order valence-electron chi connectivity index (χ1n) is 8.30. The molecule has 7 heteroatoms. The van der Waals surface area contributed by atoms with Crippen LogP contribution in [0.15, 0.2) is 24.7 Å². The number of carbonyl (C=O) groups excluding carboxylic acids is 1. The fourth-order valence-electron chi connectivity index (χ4n) is 3.61. The second-order valence-corrected chi connectivity index (χ2v) is 6.24. The number of hydrogen-bond donors (Lipinski definition) is 4. The summed E-state index contributed by atoms with van der Waals surface area (Å²) in [6, 6.07) is 1.93. The molecule has 0 radical (unpaired) electrons. The zero-order valence-corrected chi connectivity index (χ0v) is 14.0. The van der Waals surface area contributed by atoms with Crippen molar-refractivity contribution in [3.8, 4) is 0 Å². The lowest BCUT2D eigenvalue weighted by atomic mass is 10.0. The molecule has 1 amide bonds. The zero-order valence-electron chi connectivity index (χ0n) is 14.0. The smallest absolute Gasteiger partial charge is 0.268 e. The van der Waals surface area contributed by atoms with Crippen LogP contribution in [0.25, 0.3) is 10.9 Å². The first-order valence-corrected chi connectivity index (χ1v) is 8.30. The third-order valence-corrected chi connectivity index (χ3v) is 4.88. The summed E-state index contributed by atoms with van der Waals surface area (Å²) >= 11 is 0. The van der Waals surface area contributed by atoms with Crippen molar-refractivity contribution in [1.29, 1.82) is 5.41 Å². The molecule has 1 aliphatic heterocycles. The second kappa shape index (κ2) is 6.18. The maximum atomic E-state index is 12.8. The van der Waals surface area contributed by atoms with Gasteiger partial charge in [0.05, 0.1) is 11.7 Å². The van der Waals surface area contributed by atoms with Crippen LogP contribution in [0.1, 0.15) is 32.9 Å². The molecule has 7 nitrogen and oxygen atoms in total. The fraction of sp³-hybridized carbons (Fsp3) is 0.278. The van der Waals surface area contributed by atoms with E-state index in [0.717, 1.165) is 52.8 Å². The Hall–Kier alpha value is -2.93. The van der Waals surface area contributed by atoms with E-state index in [0.29, 0.717) is 12.2 Å². The highest BCUT2D eigenvalue weighted by atomic mass is 16.1. The lowest BCUT2D eigenvalue weighted by molar-refractivity contribution is 0.0942. The van der Waals surface area contributed by atoms with Gasteiger partial charge in [0.2, 0.25) is 0 Å². The van der Waals surface area contributed by atoms with Crippen LogP contribution in [0.5, 0.6) is 0 Å². The van der Waals surface area contributed by atoms with E-state index in [9.17, 15) is 4.79 Å². The number of rotatable bonds is 4. The predicted octanol–water partition coefficient (Wildman–Crippen LogP) is 1.47. The van der Waals surface area contributed by atoms with Crippen molar-refractivity contribution >= 4 is 23.0 Å². The molecule has 0 spiro atoms. The minimum atomic E-state index is -0.154. The minimum Gasteiger partial charge on any atom is -0.360 e. The predicted molar refractivity (Wildman–Crippen MR) is 96.0 cm³/mol. The summed E-state index contributed by atoms with van der Waals surface area (Å²) in [5.41, 5.74) is 5.47. The average Bonchev–Trinajstić information content (AvgIpc) is 3.19. The lowest BCUT2D eigenvalue weighted by Crippen LogP contribution is -2.27. The highest BCUT2D eigenvalue weighted by Crippen LogP contribution is 2.24. The van der Waals surface area contributed by atoms with E-state index >= 15 is 0 Å². The third kappa shape index (κ3) is 2.53. The van der Waals surface area contributed by atoms with Crippen molar-refractivity contribution in [3.63, 3.8) is 0 Å². The van der Waals surface area contributed by atoms with E-state index in [4.69, 9.17) is 5.41 Å². The molecule has 0 atom stereocenters. The van der Waals surface area contributed by atoms with Gasteiger partial charge in [-0.2, -0.15) is 0 Å². The van der Waals surface area contributed by atoms with Gasteiger partial charge in [0.15, 0.2) is 0 Å². The van der Waals surface area contributed by atoms with Crippen LogP contribution in [-0.4, -0.2) is 33.2 Å². The van der Waals surface area contributed by atoms with Crippen LogP contribution < -0.4 is 10.6 Å². The molecule has 1 aliphatic rings. The van der Waals surface area contributed by atoms with Crippen molar-refractivity contribution < 1.29 is 4.79 Å². The molecule has 0 fully saturated rings. The van der Waals surface area contributed by atoms with Crippen LogP contribution in [0, 0.1) is 5.41 Å². The number of nitrogens with one attached hydrogen (secondary N) is 4. The summed E-state index contributed by atoms with van der Waals surface area (Å²) in [7, 11) is 1.89. The Morgan fingerprint density at radius 3 is 3.24 bits per heavy atom. The van der Waals surface area contributed by atoms with Gasteiger partial charge >= 0.3 is 0 Å². The Morgan fingerprint density at radius 2 is 2.40 bits per heavy atom. The number of fused-ring (bicyclic) bond motifs is 2. The molecule has 0 unspecified atom stereocenters. The molecular weight excluding hydrogens is 316 g/mol. The summed E-state index contributed by atoms with van der Waals surface area (Å²) in [5, 5.41) is 15.1. The van der Waals surface area contributed by atoms with E-state index in [-0.39, 0.29) is 5.91 Å². The van der Waals surface area contributed by atoms with Gasteiger partial charge in [0.25, 0.3) is 5.91 Å². The summed E-state index contributed by atoms with van der Waals surface area (Å²) in [4.78, 5) is 20.1. The molecule has 128 valence electrons. The molecule has 0 saturated heterocycles. The van der Waals surface area contributed by atoms with Crippen LogP contribution in [0.3, 0.4) is 0 Å². The molecule has 3 aromatic heterocycles. The van der Waals surface area contributed by atoms with Gasteiger partial charge in [0, 0.05) is 55.4 Å². The highest BCUT2D eigenvalue weighted by molar-refractivity contribution is 6.02. The van der Waals surface area contributed by atoms with Crippen molar-refractivity contribution in [3.05, 3.63) is 52.7 Å². The Bertz CT molecular complexity index is 968. The van der Waals surface area contributed by atoms with Crippen LogP contribution in [-0.2, 0) is 26.6 Å². The van der Waals surface area contributed by atoms with E-state index in [1.807, 2.05) is 23.9 Å². The number of aromatic amines is 1. The van der Waals surface area contributed by atoms with Gasteiger partial charge in [-0.05, 0) is 30.2 Å². The van der Waals surface area contributed by atoms with Gasteiger partial charge in [0.1, 0.15) is 5.69 Å². The first-order chi connectivity index (χ1) is 12.2. The Morgan fingerprint density at radius 1 is 1.52 bits per heavy atom. The van der Waals surface area contributed by atoms with Crippen LogP contribution in [0.2, 0.25) is 0 Å². The third-order valence-electron chi connectivity index (χ3n) is 4.88. The number of hydrogen-bond acceptors (Lipinski definition) is 4. The quantitative estimate of drug-likeness (QED) is 0.543. The van der Waals surface area contributed by atoms with E-state index in [1.165, 1.54) is 6.21 Å². The average molecular weight is 336 g/mol. The molecule has 0 bridgehead atoms. The number of amides is 1. The van der Waals surface area contributed by atoms with E-state index < -0.39 is 0 Å². The molecular formula is C18H20N6O. The molecule has 3 aromatic rings. The number of nitrogens with zero attached hydrogens (tertiary/aromatic N) is 2. The molecule has 4 heterocycles. The van der Waals surface area contributed by atoms with E-state index in [1.54, 1.807) is 12.4 Å². The SMILES string of the molecule is Cn1c2c(c(C=N)c1C(=O)NCc1c[nH]c3cnccc13)CCNC2. The summed E-state index contributed by atoms with van der Waals surface area (Å²) in [6.45, 7) is 2.03. The number of carbonyl (C=O) groups is 1. The van der Waals surface area contributed by atoms with Crippen molar-refractivity contribution in [2.24, 2.45) is 7.05 Å². The largest absolute Gasteiger partial charge is 0.360 e. The Kier molecular flexibility index (Phi) is 3.85. The minimum absolute atomic E-state index is 0.154. The fourth-order valence-corrected chi connectivity index (χ4v) is 3.61. The lowest BCUT2D eigenvalue weighted by Gasteiger charge is -2.15. The van der Waals surface area contributed by atoms with Crippen LogP contribution in [0.4, 0.5) is 0 Å². The first kappa shape index (κ1) is 15.6. The summed E-state index contributed by atoms with van der Waals surface area (Å²) in [5.74, 6) is -0.154. The Labute approximate surface area is 145 Å². The van der Waals surface area contributed by atoms with E-state index in [2.05, 4.69) is 20.6 Å². The normalized spacial score (nSPS) is 13.6. The van der Waals surface area contributed by atoms with Gasteiger partial charge in [-0.25, -0.2) is 0 Å². The van der Waals surface area contributed by atoms with Crippen molar-refractivity contribution in [1.82, 2.24) is 25.2 Å². The van der Waals surface area contributed by atoms with Crippen molar-refractivity contribution in [2.45, 2.75) is 19.5 Å². The monoisotopic (exact) mass is 336 g/mol. The number of pyridine rings is 1. The molecule has 4 N–H and O–H groups in total. The standard InChI is InChI=1S/C18H20N6O/c1-24-16-10-21-5-3-13(16)14(6-19)17(24)18(25)23-8-11-7-22-15-9-20-4-2-12(11)15/h2,4,6-7,9,19,21-22H,3,5,8,10H2,1H3,(H,23,25). The zero-order chi connectivity index (χ0) is 17.4. The number of aromatic nitrogens is 3. The molecule has 0 saturated carbocycles.